The van der Waals surface area contributed by atoms with Gasteiger partial charge in [-0.1, -0.05) is 24.3 Å². The molecule has 0 amide bonds. The summed E-state index contributed by atoms with van der Waals surface area (Å²) in [6.07, 6.45) is 1.41. The number of anilines is 1. The SMILES string of the molecule is NS(=O)(=O)NC1[C@H]2O[C@@H](n3cnc4c(N[C@@H]5CCc6ccccc65)ncnc43)[C@H](O)[C@@]12O. The summed E-state index contributed by atoms with van der Waals surface area (Å²) < 4.78 is 31.9. The molecule has 6 rings (SSSR count). The second-order valence-corrected chi connectivity index (χ2v) is 9.73. The molecule has 1 saturated carbocycles. The number of hydrogen-bond acceptors (Lipinski definition) is 9. The average molecular weight is 459 g/mol. The van der Waals surface area contributed by atoms with Gasteiger partial charge in [-0.15, -0.1) is 0 Å². The van der Waals surface area contributed by atoms with Gasteiger partial charge in [0.2, 0.25) is 0 Å². The molecule has 2 aliphatic carbocycles. The Morgan fingerprint density at radius 2 is 2.06 bits per heavy atom. The van der Waals surface area contributed by atoms with E-state index in [1.165, 1.54) is 28.3 Å². The minimum Gasteiger partial charge on any atom is -0.385 e. The fourth-order valence-corrected chi connectivity index (χ4v) is 5.59. The molecule has 6 atom stereocenters. The van der Waals surface area contributed by atoms with E-state index in [1.807, 2.05) is 12.1 Å². The average Bonchev–Trinajstić information content (AvgIpc) is 3.17. The molecule has 168 valence electrons. The second-order valence-electron chi connectivity index (χ2n) is 8.40. The number of imidazole rings is 1. The van der Waals surface area contributed by atoms with Crippen LogP contribution in [0.15, 0.2) is 36.9 Å². The van der Waals surface area contributed by atoms with Crippen LogP contribution in [-0.2, 0) is 21.4 Å². The molecule has 2 aromatic heterocycles. The fraction of sp³-hybridized carbons (Fsp3) is 0.421. The Kier molecular flexibility index (Phi) is 4.16. The van der Waals surface area contributed by atoms with Crippen LogP contribution in [0.3, 0.4) is 0 Å². The third-order valence-corrected chi connectivity index (χ3v) is 7.13. The Bertz CT molecular complexity index is 1330. The summed E-state index contributed by atoms with van der Waals surface area (Å²) in [4.78, 5) is 13.0. The lowest BCUT2D eigenvalue weighted by Crippen LogP contribution is -2.44. The first-order valence-electron chi connectivity index (χ1n) is 10.1. The van der Waals surface area contributed by atoms with Crippen LogP contribution < -0.4 is 15.2 Å². The Morgan fingerprint density at radius 3 is 2.81 bits per heavy atom. The third kappa shape index (κ3) is 2.86. The van der Waals surface area contributed by atoms with Crippen LogP contribution in [0.1, 0.15) is 29.8 Å². The molecule has 2 fully saturated rings. The number of aliphatic hydroxyl groups is 2. The maximum Gasteiger partial charge on any atom is 0.274 e. The van der Waals surface area contributed by atoms with Gasteiger partial charge >= 0.3 is 0 Å². The third-order valence-electron chi connectivity index (χ3n) is 6.55. The maximum atomic E-state index is 11.3. The number of aromatic nitrogens is 4. The Labute approximate surface area is 182 Å². The normalized spacial score (nSPS) is 33.3. The van der Waals surface area contributed by atoms with Crippen LogP contribution >= 0.6 is 0 Å². The molecule has 3 heterocycles. The lowest BCUT2D eigenvalue weighted by Gasteiger charge is -2.23. The van der Waals surface area contributed by atoms with Crippen LogP contribution in [0.4, 0.5) is 5.82 Å². The molecule has 1 unspecified atom stereocenters. The molecule has 3 aliphatic rings. The Hall–Kier alpha value is -2.68. The van der Waals surface area contributed by atoms with Crippen LogP contribution in [0.25, 0.3) is 11.2 Å². The zero-order valence-corrected chi connectivity index (χ0v) is 17.5. The predicted octanol–water partition coefficient (Wildman–Crippen LogP) is -0.910. The van der Waals surface area contributed by atoms with Crippen molar-refractivity contribution in [1.29, 1.82) is 0 Å². The number of ether oxygens (including phenoxy) is 1. The highest BCUT2D eigenvalue weighted by Crippen LogP contribution is 2.54. The minimum absolute atomic E-state index is 0.0983. The molecule has 1 aromatic carbocycles. The summed E-state index contributed by atoms with van der Waals surface area (Å²) in [5, 5.41) is 29.8. The summed E-state index contributed by atoms with van der Waals surface area (Å²) in [5.74, 6) is 0.556. The van der Waals surface area contributed by atoms with Crippen molar-refractivity contribution in [3.8, 4) is 0 Å². The largest absolute Gasteiger partial charge is 0.385 e. The van der Waals surface area contributed by atoms with Crippen molar-refractivity contribution in [2.24, 2.45) is 5.14 Å². The predicted molar refractivity (Wildman–Crippen MR) is 111 cm³/mol. The van der Waals surface area contributed by atoms with E-state index in [1.54, 1.807) is 0 Å². The van der Waals surface area contributed by atoms with Gasteiger partial charge in [0.1, 0.15) is 24.1 Å². The van der Waals surface area contributed by atoms with Gasteiger partial charge in [0.05, 0.1) is 18.4 Å². The number of aliphatic hydroxyl groups excluding tert-OH is 1. The molecule has 0 spiro atoms. The van der Waals surface area contributed by atoms with Gasteiger partial charge in [-0.25, -0.2) is 20.1 Å². The highest BCUT2D eigenvalue weighted by molar-refractivity contribution is 7.87. The molecular formula is C19H21N7O5S. The standard InChI is InChI=1S/C19H21N7O5S/c20-32(29,30)25-13-15-19(13,28)14(27)18(31-15)26-8-23-12-16(21-7-22-17(12)26)24-11-6-5-9-3-1-2-4-10(9)11/h1-4,7-8,11,13-15,18,25,27-28H,5-6H2,(H2,20,29,30)(H,21,22,24)/t11-,13?,14+,15-,18-,19+/m1/s1. The monoisotopic (exact) mass is 459 g/mol. The highest BCUT2D eigenvalue weighted by Gasteiger charge is 2.77. The van der Waals surface area contributed by atoms with E-state index in [9.17, 15) is 18.6 Å². The quantitative estimate of drug-likeness (QED) is 0.323. The number of aryl methyl sites for hydroxylation is 1. The fourth-order valence-electron chi connectivity index (χ4n) is 4.92. The van der Waals surface area contributed by atoms with Gasteiger partial charge in [-0.2, -0.15) is 13.1 Å². The van der Waals surface area contributed by atoms with Crippen molar-refractivity contribution in [2.45, 2.75) is 49.0 Å². The number of benzene rings is 1. The smallest absolute Gasteiger partial charge is 0.274 e. The van der Waals surface area contributed by atoms with E-state index in [0.717, 1.165) is 12.8 Å². The van der Waals surface area contributed by atoms with Gasteiger partial charge in [0.15, 0.2) is 23.2 Å². The molecule has 12 nitrogen and oxygen atoms in total. The molecule has 32 heavy (non-hydrogen) atoms. The van der Waals surface area contributed by atoms with Gasteiger partial charge in [-0.05, 0) is 24.0 Å². The lowest BCUT2D eigenvalue weighted by molar-refractivity contribution is -0.0685. The van der Waals surface area contributed by atoms with Crippen molar-refractivity contribution in [3.63, 3.8) is 0 Å². The van der Waals surface area contributed by atoms with Gasteiger partial charge in [-0.3, -0.25) is 4.57 Å². The molecule has 3 aromatic rings. The summed E-state index contributed by atoms with van der Waals surface area (Å²) in [6.45, 7) is 0. The Morgan fingerprint density at radius 1 is 1.25 bits per heavy atom. The molecule has 6 N–H and O–H groups in total. The molecule has 1 saturated heterocycles. The zero-order valence-electron chi connectivity index (χ0n) is 16.7. The van der Waals surface area contributed by atoms with E-state index in [0.29, 0.717) is 17.0 Å². The van der Waals surface area contributed by atoms with Crippen LogP contribution in [0.2, 0.25) is 0 Å². The van der Waals surface area contributed by atoms with Crippen molar-refractivity contribution in [1.82, 2.24) is 24.2 Å². The van der Waals surface area contributed by atoms with Crippen LogP contribution in [-0.4, -0.2) is 62.0 Å². The zero-order chi connectivity index (χ0) is 22.3. The minimum atomic E-state index is -4.06. The first-order chi connectivity index (χ1) is 15.3. The van der Waals surface area contributed by atoms with E-state index in [2.05, 4.69) is 37.1 Å². The van der Waals surface area contributed by atoms with Crippen molar-refractivity contribution >= 4 is 27.2 Å². The Balaban J connectivity index is 1.27. The summed E-state index contributed by atoms with van der Waals surface area (Å²) >= 11 is 0. The number of nitrogens with zero attached hydrogens (tertiary/aromatic N) is 4. The maximum absolute atomic E-state index is 11.3. The van der Waals surface area contributed by atoms with Gasteiger partial charge in [0.25, 0.3) is 10.2 Å². The van der Waals surface area contributed by atoms with E-state index in [4.69, 9.17) is 9.88 Å². The molecular weight excluding hydrogens is 438 g/mol. The van der Waals surface area contributed by atoms with E-state index < -0.39 is 40.3 Å². The number of nitrogens with two attached hydrogens (primary N) is 1. The molecule has 0 radical (unpaired) electrons. The highest BCUT2D eigenvalue weighted by atomic mass is 32.2. The second kappa shape index (κ2) is 6.66. The van der Waals surface area contributed by atoms with Crippen molar-refractivity contribution in [2.75, 3.05) is 5.32 Å². The number of fused-ring (bicyclic) bond motifs is 3. The van der Waals surface area contributed by atoms with Gasteiger partial charge in [0, 0.05) is 0 Å². The molecule has 0 bridgehead atoms. The first kappa shape index (κ1) is 20.0. The summed E-state index contributed by atoms with van der Waals surface area (Å²) in [5.41, 5.74) is 1.66. The van der Waals surface area contributed by atoms with Crippen molar-refractivity contribution < 1.29 is 23.4 Å². The summed E-state index contributed by atoms with van der Waals surface area (Å²) in [7, 11) is -4.06. The molecule has 13 heteroatoms. The lowest BCUT2D eigenvalue weighted by atomic mass is 10.1. The number of nitrogens with one attached hydrogen (secondary N) is 2. The first-order valence-corrected chi connectivity index (χ1v) is 11.7. The summed E-state index contributed by atoms with van der Waals surface area (Å²) in [6, 6.07) is 7.33. The van der Waals surface area contributed by atoms with E-state index >= 15 is 0 Å². The number of rotatable bonds is 5. The van der Waals surface area contributed by atoms with Crippen LogP contribution in [0, 0.1) is 0 Å². The molecule has 1 aliphatic heterocycles. The van der Waals surface area contributed by atoms with Crippen molar-refractivity contribution in [3.05, 3.63) is 48.0 Å². The van der Waals surface area contributed by atoms with E-state index in [-0.39, 0.29) is 6.04 Å². The van der Waals surface area contributed by atoms with Crippen LogP contribution in [0.5, 0.6) is 0 Å². The number of hydrogen-bond donors (Lipinski definition) is 5. The van der Waals surface area contributed by atoms with Gasteiger partial charge < -0.3 is 20.3 Å². The topological polar surface area (TPSA) is 178 Å².